The lowest BCUT2D eigenvalue weighted by molar-refractivity contribution is -0.144. The Bertz CT molecular complexity index is 193. The van der Waals surface area contributed by atoms with Crippen LogP contribution in [0.2, 0.25) is 0 Å². The number of carboxylic acids is 1. The standard InChI is InChI=1S/C9H17NO4/c1-3-4-8(11)10(5-6-14-2)7-9(12)13/h3-7H2,1-2H3,(H,12,13). The number of carboxylic acid groups (broad SMARTS) is 1. The molecule has 0 spiro atoms. The Labute approximate surface area is 83.6 Å². The highest BCUT2D eigenvalue weighted by atomic mass is 16.5. The molecule has 0 radical (unpaired) electrons. The molecule has 5 nitrogen and oxygen atoms in total. The Balaban J connectivity index is 4.08. The fourth-order valence-electron chi connectivity index (χ4n) is 1.03. The van der Waals surface area contributed by atoms with E-state index >= 15 is 0 Å². The van der Waals surface area contributed by atoms with E-state index in [4.69, 9.17) is 9.84 Å². The molecule has 0 aliphatic carbocycles. The number of methoxy groups -OCH3 is 1. The van der Waals surface area contributed by atoms with Gasteiger partial charge in [-0.2, -0.15) is 0 Å². The van der Waals surface area contributed by atoms with Crippen LogP contribution in [0, 0.1) is 0 Å². The third-order valence-electron chi connectivity index (χ3n) is 1.71. The summed E-state index contributed by atoms with van der Waals surface area (Å²) < 4.78 is 4.80. The molecule has 0 saturated heterocycles. The Morgan fingerprint density at radius 1 is 1.43 bits per heavy atom. The van der Waals surface area contributed by atoms with Crippen LogP contribution in [0.4, 0.5) is 0 Å². The van der Waals surface area contributed by atoms with Crippen LogP contribution in [0.15, 0.2) is 0 Å². The third-order valence-corrected chi connectivity index (χ3v) is 1.71. The summed E-state index contributed by atoms with van der Waals surface area (Å²) in [5.74, 6) is -1.13. The van der Waals surface area contributed by atoms with Gasteiger partial charge in [0.1, 0.15) is 6.54 Å². The largest absolute Gasteiger partial charge is 0.480 e. The van der Waals surface area contributed by atoms with Gasteiger partial charge in [0, 0.05) is 20.1 Å². The van der Waals surface area contributed by atoms with Crippen molar-refractivity contribution in [2.24, 2.45) is 0 Å². The predicted octanol–water partition coefficient (Wildman–Crippen LogP) is 0.346. The number of hydrogen-bond acceptors (Lipinski definition) is 3. The fourth-order valence-corrected chi connectivity index (χ4v) is 1.03. The summed E-state index contributed by atoms with van der Waals surface area (Å²) in [5, 5.41) is 8.57. The summed E-state index contributed by atoms with van der Waals surface area (Å²) in [6, 6.07) is 0. The first kappa shape index (κ1) is 12.9. The van der Waals surface area contributed by atoms with E-state index in [1.165, 1.54) is 12.0 Å². The summed E-state index contributed by atoms with van der Waals surface area (Å²) in [6.07, 6.45) is 1.11. The van der Waals surface area contributed by atoms with Crippen LogP contribution < -0.4 is 0 Å². The van der Waals surface area contributed by atoms with E-state index in [1.54, 1.807) is 0 Å². The van der Waals surface area contributed by atoms with E-state index in [1.807, 2.05) is 6.92 Å². The molecule has 0 atom stereocenters. The lowest BCUT2D eigenvalue weighted by Crippen LogP contribution is -2.37. The minimum Gasteiger partial charge on any atom is -0.480 e. The second-order valence-electron chi connectivity index (χ2n) is 2.95. The van der Waals surface area contributed by atoms with E-state index < -0.39 is 5.97 Å². The van der Waals surface area contributed by atoms with Crippen LogP contribution in [0.5, 0.6) is 0 Å². The summed E-state index contributed by atoms with van der Waals surface area (Å²) in [4.78, 5) is 23.1. The van der Waals surface area contributed by atoms with Crippen LogP contribution >= 0.6 is 0 Å². The van der Waals surface area contributed by atoms with Crippen molar-refractivity contribution in [1.29, 1.82) is 0 Å². The van der Waals surface area contributed by atoms with Crippen molar-refractivity contribution < 1.29 is 19.4 Å². The van der Waals surface area contributed by atoms with Crippen molar-refractivity contribution in [2.75, 3.05) is 26.8 Å². The van der Waals surface area contributed by atoms with Crippen LogP contribution in [0.1, 0.15) is 19.8 Å². The summed E-state index contributed by atoms with van der Waals surface area (Å²) in [6.45, 7) is 2.33. The number of rotatable bonds is 7. The van der Waals surface area contributed by atoms with E-state index in [0.717, 1.165) is 6.42 Å². The highest BCUT2D eigenvalue weighted by molar-refractivity contribution is 5.81. The molecule has 0 aromatic rings. The number of nitrogens with zero attached hydrogens (tertiary/aromatic N) is 1. The van der Waals surface area contributed by atoms with Gasteiger partial charge in [-0.3, -0.25) is 9.59 Å². The first-order valence-electron chi connectivity index (χ1n) is 4.60. The predicted molar refractivity (Wildman–Crippen MR) is 51.0 cm³/mol. The normalized spacial score (nSPS) is 9.86. The molecular weight excluding hydrogens is 186 g/mol. The summed E-state index contributed by atoms with van der Waals surface area (Å²) in [7, 11) is 1.52. The number of carbonyl (C=O) groups is 2. The van der Waals surface area contributed by atoms with Crippen molar-refractivity contribution in [2.45, 2.75) is 19.8 Å². The number of carbonyl (C=O) groups excluding carboxylic acids is 1. The minimum absolute atomic E-state index is 0.132. The van der Waals surface area contributed by atoms with Crippen molar-refractivity contribution in [3.05, 3.63) is 0 Å². The SMILES string of the molecule is CCCC(=O)N(CCOC)CC(=O)O. The van der Waals surface area contributed by atoms with Crippen LogP contribution in [0.25, 0.3) is 0 Å². The smallest absolute Gasteiger partial charge is 0.323 e. The zero-order valence-corrected chi connectivity index (χ0v) is 8.65. The maximum Gasteiger partial charge on any atom is 0.323 e. The number of hydrogen-bond donors (Lipinski definition) is 1. The monoisotopic (exact) mass is 203 g/mol. The van der Waals surface area contributed by atoms with Crippen molar-refractivity contribution in [1.82, 2.24) is 4.90 Å². The average molecular weight is 203 g/mol. The van der Waals surface area contributed by atoms with Gasteiger partial charge in [-0.25, -0.2) is 0 Å². The molecule has 0 aromatic carbocycles. The van der Waals surface area contributed by atoms with Gasteiger partial charge in [0.2, 0.25) is 5.91 Å². The van der Waals surface area contributed by atoms with E-state index in [0.29, 0.717) is 19.6 Å². The average Bonchev–Trinajstić information content (AvgIpc) is 2.12. The lowest BCUT2D eigenvalue weighted by Gasteiger charge is -2.19. The number of aliphatic carboxylic acids is 1. The highest BCUT2D eigenvalue weighted by Crippen LogP contribution is 1.97. The van der Waals surface area contributed by atoms with Crippen molar-refractivity contribution in [3.63, 3.8) is 0 Å². The van der Waals surface area contributed by atoms with Crippen molar-refractivity contribution in [3.8, 4) is 0 Å². The summed E-state index contributed by atoms with van der Waals surface area (Å²) >= 11 is 0. The van der Waals surface area contributed by atoms with E-state index in [9.17, 15) is 9.59 Å². The molecular formula is C9H17NO4. The zero-order chi connectivity index (χ0) is 11.0. The molecule has 0 bridgehead atoms. The van der Waals surface area contributed by atoms with Crippen LogP contribution in [0.3, 0.4) is 0 Å². The molecule has 0 rings (SSSR count). The molecule has 1 N–H and O–H groups in total. The zero-order valence-electron chi connectivity index (χ0n) is 8.65. The molecule has 0 aliphatic heterocycles. The second kappa shape index (κ2) is 7.32. The maximum absolute atomic E-state index is 11.4. The van der Waals surface area contributed by atoms with Gasteiger partial charge in [0.25, 0.3) is 0 Å². The van der Waals surface area contributed by atoms with Gasteiger partial charge in [-0.05, 0) is 6.42 Å². The molecule has 0 unspecified atom stereocenters. The Kier molecular flexibility index (Phi) is 6.74. The molecule has 0 saturated carbocycles. The fraction of sp³-hybridized carbons (Fsp3) is 0.778. The molecule has 0 aliphatic rings. The molecule has 82 valence electrons. The molecule has 0 fully saturated rings. The molecule has 1 amide bonds. The van der Waals surface area contributed by atoms with E-state index in [-0.39, 0.29) is 12.5 Å². The summed E-state index contributed by atoms with van der Waals surface area (Å²) in [5.41, 5.74) is 0. The van der Waals surface area contributed by atoms with Gasteiger partial charge in [0.05, 0.1) is 6.61 Å². The number of amides is 1. The first-order chi connectivity index (χ1) is 6.61. The first-order valence-corrected chi connectivity index (χ1v) is 4.60. The van der Waals surface area contributed by atoms with Crippen molar-refractivity contribution >= 4 is 11.9 Å². The Hall–Kier alpha value is -1.10. The van der Waals surface area contributed by atoms with E-state index in [2.05, 4.69) is 0 Å². The molecule has 0 aromatic heterocycles. The Morgan fingerprint density at radius 3 is 2.50 bits per heavy atom. The van der Waals surface area contributed by atoms with Gasteiger partial charge in [0.15, 0.2) is 0 Å². The minimum atomic E-state index is -0.995. The van der Waals surface area contributed by atoms with Gasteiger partial charge < -0.3 is 14.7 Å². The third kappa shape index (κ3) is 5.53. The lowest BCUT2D eigenvalue weighted by atomic mass is 10.3. The van der Waals surface area contributed by atoms with Crippen LogP contribution in [-0.2, 0) is 14.3 Å². The van der Waals surface area contributed by atoms with Gasteiger partial charge in [-0.15, -0.1) is 0 Å². The number of ether oxygens (including phenoxy) is 1. The molecule has 14 heavy (non-hydrogen) atoms. The highest BCUT2D eigenvalue weighted by Gasteiger charge is 2.14. The Morgan fingerprint density at radius 2 is 2.07 bits per heavy atom. The molecule has 0 heterocycles. The topological polar surface area (TPSA) is 66.8 Å². The van der Waals surface area contributed by atoms with Gasteiger partial charge >= 0.3 is 5.97 Å². The van der Waals surface area contributed by atoms with Crippen LogP contribution in [-0.4, -0.2) is 48.7 Å². The quantitative estimate of drug-likeness (QED) is 0.648. The van der Waals surface area contributed by atoms with Gasteiger partial charge in [-0.1, -0.05) is 6.92 Å². The maximum atomic E-state index is 11.4. The second-order valence-corrected chi connectivity index (χ2v) is 2.95. The molecule has 5 heteroatoms.